The first-order valence-corrected chi connectivity index (χ1v) is 9.93. The van der Waals surface area contributed by atoms with Crippen LogP contribution in [0.15, 0.2) is 36.7 Å². The van der Waals surface area contributed by atoms with Crippen LogP contribution in [0.1, 0.15) is 32.1 Å². The molecule has 3 aliphatic rings. The monoisotopic (exact) mass is 336 g/mol. The van der Waals surface area contributed by atoms with E-state index in [2.05, 4.69) is 44.3 Å². The molecular formula is C21H28N4. The maximum absolute atomic E-state index is 4.04. The Labute approximate surface area is 150 Å². The van der Waals surface area contributed by atoms with Crippen LogP contribution in [0.25, 0.3) is 11.1 Å². The highest BCUT2D eigenvalue weighted by atomic mass is 15.2. The number of likely N-dealkylation sites (tertiary alicyclic amines) is 1. The van der Waals surface area contributed by atoms with Gasteiger partial charge in [-0.2, -0.15) is 5.10 Å². The van der Waals surface area contributed by atoms with Gasteiger partial charge in [0.1, 0.15) is 0 Å². The van der Waals surface area contributed by atoms with Gasteiger partial charge in [-0.1, -0.05) is 12.1 Å². The van der Waals surface area contributed by atoms with Crippen molar-refractivity contribution in [2.24, 2.45) is 11.8 Å². The van der Waals surface area contributed by atoms with Crippen molar-refractivity contribution in [1.82, 2.24) is 15.1 Å². The fourth-order valence-electron chi connectivity index (χ4n) is 5.23. The van der Waals surface area contributed by atoms with Crippen LogP contribution >= 0.6 is 0 Å². The number of hydrogen-bond acceptors (Lipinski definition) is 3. The Morgan fingerprint density at radius 3 is 2.48 bits per heavy atom. The highest BCUT2D eigenvalue weighted by molar-refractivity contribution is 5.65. The molecule has 132 valence electrons. The third kappa shape index (κ3) is 3.08. The van der Waals surface area contributed by atoms with Crippen molar-refractivity contribution in [3.05, 3.63) is 36.7 Å². The molecule has 2 aliphatic heterocycles. The van der Waals surface area contributed by atoms with E-state index in [1.54, 1.807) is 0 Å². The van der Waals surface area contributed by atoms with Gasteiger partial charge in [-0.05, 0) is 61.6 Å². The van der Waals surface area contributed by atoms with E-state index in [1.165, 1.54) is 69.5 Å². The molecular weight excluding hydrogens is 308 g/mol. The number of rotatable bonds is 4. The zero-order chi connectivity index (χ0) is 16.6. The van der Waals surface area contributed by atoms with Gasteiger partial charge in [0.05, 0.1) is 6.20 Å². The molecule has 25 heavy (non-hydrogen) atoms. The molecule has 3 heterocycles. The molecule has 2 aromatic rings. The SMILES string of the molecule is c1cc(N2CCC(CN3CC4CCC3C4)CC2)ccc1-c1cn[nH]c1. The smallest absolute Gasteiger partial charge is 0.0565 e. The summed E-state index contributed by atoms with van der Waals surface area (Å²) in [6, 6.07) is 9.89. The highest BCUT2D eigenvalue weighted by Crippen LogP contribution is 2.38. The van der Waals surface area contributed by atoms with Crippen LogP contribution in [-0.4, -0.2) is 47.3 Å². The zero-order valence-corrected chi connectivity index (χ0v) is 14.9. The topological polar surface area (TPSA) is 35.2 Å². The second-order valence-electron chi connectivity index (χ2n) is 8.25. The Bertz CT molecular complexity index is 685. The van der Waals surface area contributed by atoms with Crippen LogP contribution in [0.3, 0.4) is 0 Å². The number of H-pyrrole nitrogens is 1. The summed E-state index contributed by atoms with van der Waals surface area (Å²) in [5, 5.41) is 6.92. The number of benzene rings is 1. The molecule has 4 nitrogen and oxygen atoms in total. The lowest BCUT2D eigenvalue weighted by molar-refractivity contribution is 0.169. The van der Waals surface area contributed by atoms with Gasteiger partial charge in [0.15, 0.2) is 0 Å². The Morgan fingerprint density at radius 2 is 1.84 bits per heavy atom. The maximum atomic E-state index is 4.04. The van der Waals surface area contributed by atoms with Crippen molar-refractivity contribution in [3.8, 4) is 11.1 Å². The van der Waals surface area contributed by atoms with Crippen molar-refractivity contribution < 1.29 is 0 Å². The summed E-state index contributed by atoms with van der Waals surface area (Å²) in [7, 11) is 0. The average molecular weight is 336 g/mol. The number of nitrogens with zero attached hydrogens (tertiary/aromatic N) is 3. The number of aromatic nitrogens is 2. The first-order valence-electron chi connectivity index (χ1n) is 9.93. The predicted molar refractivity (Wildman–Crippen MR) is 102 cm³/mol. The lowest BCUT2D eigenvalue weighted by Gasteiger charge is -2.37. The standard InChI is InChI=1S/C21H28N4/c1-4-21-11-17(1)15-25(21)14-16-7-9-24(10-8-16)20-5-2-18(3-6-20)19-12-22-23-13-19/h2-3,5-6,12-13,16-17,21H,1,4,7-11,14-15H2,(H,22,23). The number of piperidine rings is 2. The van der Waals surface area contributed by atoms with E-state index in [9.17, 15) is 0 Å². The van der Waals surface area contributed by atoms with Gasteiger partial charge in [0, 0.05) is 49.7 Å². The number of nitrogens with one attached hydrogen (secondary N) is 1. The molecule has 1 aromatic heterocycles. The molecule has 2 atom stereocenters. The van der Waals surface area contributed by atoms with E-state index in [-0.39, 0.29) is 0 Å². The molecule has 5 rings (SSSR count). The van der Waals surface area contributed by atoms with Gasteiger partial charge >= 0.3 is 0 Å². The Kier molecular flexibility index (Phi) is 4.01. The van der Waals surface area contributed by atoms with E-state index in [1.807, 2.05) is 12.4 Å². The van der Waals surface area contributed by atoms with Crippen LogP contribution in [-0.2, 0) is 0 Å². The number of anilines is 1. The molecule has 2 bridgehead atoms. The summed E-state index contributed by atoms with van der Waals surface area (Å²) in [4.78, 5) is 5.37. The van der Waals surface area contributed by atoms with Crippen molar-refractivity contribution in [3.63, 3.8) is 0 Å². The van der Waals surface area contributed by atoms with E-state index in [0.717, 1.165) is 23.4 Å². The van der Waals surface area contributed by atoms with Crippen LogP contribution in [0.2, 0.25) is 0 Å². The van der Waals surface area contributed by atoms with E-state index in [0.29, 0.717) is 0 Å². The molecule has 1 saturated carbocycles. The largest absolute Gasteiger partial charge is 0.372 e. The molecule has 3 fully saturated rings. The quantitative estimate of drug-likeness (QED) is 0.923. The predicted octanol–water partition coefficient (Wildman–Crippen LogP) is 3.78. The fraction of sp³-hybridized carbons (Fsp3) is 0.571. The van der Waals surface area contributed by atoms with Gasteiger partial charge in [-0.15, -0.1) is 0 Å². The summed E-state index contributed by atoms with van der Waals surface area (Å²) in [6.45, 7) is 5.16. The van der Waals surface area contributed by atoms with Crippen LogP contribution in [0, 0.1) is 11.8 Å². The summed E-state index contributed by atoms with van der Waals surface area (Å²) < 4.78 is 0. The van der Waals surface area contributed by atoms with Gasteiger partial charge in [-0.25, -0.2) is 0 Å². The minimum atomic E-state index is 0.904. The summed E-state index contributed by atoms with van der Waals surface area (Å²) in [5.41, 5.74) is 3.76. The molecule has 2 unspecified atom stereocenters. The molecule has 0 radical (unpaired) electrons. The van der Waals surface area contributed by atoms with Crippen LogP contribution < -0.4 is 4.90 Å². The normalized spacial score (nSPS) is 27.3. The second-order valence-corrected chi connectivity index (χ2v) is 8.25. The molecule has 1 aliphatic carbocycles. The van der Waals surface area contributed by atoms with E-state index < -0.39 is 0 Å². The molecule has 0 spiro atoms. The Balaban J connectivity index is 1.16. The first-order chi connectivity index (χ1) is 12.3. The average Bonchev–Trinajstić information content (AvgIpc) is 3.41. The van der Waals surface area contributed by atoms with Crippen molar-refractivity contribution in [2.45, 2.75) is 38.1 Å². The minimum absolute atomic E-state index is 0.904. The Morgan fingerprint density at radius 1 is 1.00 bits per heavy atom. The fourth-order valence-corrected chi connectivity index (χ4v) is 5.23. The zero-order valence-electron chi connectivity index (χ0n) is 14.9. The van der Waals surface area contributed by atoms with Gasteiger partial charge < -0.3 is 4.90 Å². The molecule has 1 aromatic carbocycles. The number of aromatic amines is 1. The third-order valence-electron chi connectivity index (χ3n) is 6.69. The summed E-state index contributed by atoms with van der Waals surface area (Å²) in [6.07, 6.45) is 11.0. The first kappa shape index (κ1) is 15.4. The van der Waals surface area contributed by atoms with E-state index >= 15 is 0 Å². The minimum Gasteiger partial charge on any atom is -0.372 e. The van der Waals surface area contributed by atoms with Gasteiger partial charge in [-0.3, -0.25) is 10.00 Å². The van der Waals surface area contributed by atoms with Gasteiger partial charge in [0.25, 0.3) is 0 Å². The van der Waals surface area contributed by atoms with Crippen molar-refractivity contribution in [1.29, 1.82) is 0 Å². The lowest BCUT2D eigenvalue weighted by Crippen LogP contribution is -2.41. The molecule has 1 N–H and O–H groups in total. The summed E-state index contributed by atoms with van der Waals surface area (Å²) >= 11 is 0. The van der Waals surface area contributed by atoms with Crippen LogP contribution in [0.4, 0.5) is 5.69 Å². The maximum Gasteiger partial charge on any atom is 0.0565 e. The summed E-state index contributed by atoms with van der Waals surface area (Å²) in [5.74, 6) is 1.93. The van der Waals surface area contributed by atoms with Crippen molar-refractivity contribution in [2.75, 3.05) is 31.1 Å². The lowest BCUT2D eigenvalue weighted by atomic mass is 9.94. The molecule has 2 saturated heterocycles. The number of hydrogen-bond donors (Lipinski definition) is 1. The highest BCUT2D eigenvalue weighted by Gasteiger charge is 2.38. The second kappa shape index (κ2) is 6.49. The third-order valence-corrected chi connectivity index (χ3v) is 6.69. The molecule has 0 amide bonds. The van der Waals surface area contributed by atoms with Crippen LogP contribution in [0.5, 0.6) is 0 Å². The number of fused-ring (bicyclic) bond motifs is 2. The molecule has 4 heteroatoms. The van der Waals surface area contributed by atoms with E-state index in [4.69, 9.17) is 0 Å². The van der Waals surface area contributed by atoms with Gasteiger partial charge in [0.2, 0.25) is 0 Å². The Hall–Kier alpha value is -1.81. The van der Waals surface area contributed by atoms with Crippen molar-refractivity contribution >= 4 is 5.69 Å².